The molecule has 3 aromatic rings. The number of benzene rings is 1. The SMILES string of the molecule is CN1CCC(Oc2cc3nn(C4CC(C(C)(C)O)C4)cc3cc2NC(=O)c2cccc(C(F)(F)F)n2)CC1. The first kappa shape index (κ1) is 26.4. The smallest absolute Gasteiger partial charge is 0.433 e. The van der Waals surface area contributed by atoms with Crippen LogP contribution in [0.2, 0.25) is 0 Å². The number of anilines is 1. The van der Waals surface area contributed by atoms with Crippen LogP contribution >= 0.6 is 0 Å². The van der Waals surface area contributed by atoms with Crippen LogP contribution < -0.4 is 10.1 Å². The molecule has 1 saturated carbocycles. The lowest BCUT2D eigenvalue weighted by Crippen LogP contribution is -2.41. The van der Waals surface area contributed by atoms with E-state index in [1.54, 1.807) is 12.1 Å². The van der Waals surface area contributed by atoms with E-state index in [0.29, 0.717) is 17.0 Å². The number of hydrogen-bond donors (Lipinski definition) is 2. The number of carbonyl (C=O) groups is 1. The van der Waals surface area contributed by atoms with Crippen LogP contribution in [0.4, 0.5) is 18.9 Å². The molecule has 5 rings (SSSR count). The molecule has 0 spiro atoms. The molecule has 38 heavy (non-hydrogen) atoms. The van der Waals surface area contributed by atoms with Crippen molar-refractivity contribution in [3.8, 4) is 5.75 Å². The number of piperidine rings is 1. The third-order valence-corrected chi connectivity index (χ3v) is 7.59. The van der Waals surface area contributed by atoms with Crippen molar-refractivity contribution in [3.05, 3.63) is 47.9 Å². The van der Waals surface area contributed by atoms with Crippen molar-refractivity contribution >= 4 is 22.5 Å². The number of aromatic nitrogens is 3. The predicted molar refractivity (Wildman–Crippen MR) is 136 cm³/mol. The number of halogens is 3. The molecule has 0 radical (unpaired) electrons. The fourth-order valence-electron chi connectivity index (χ4n) is 5.02. The number of nitrogens with zero attached hydrogens (tertiary/aromatic N) is 4. The topological polar surface area (TPSA) is 92.5 Å². The molecule has 2 aliphatic rings. The molecule has 2 fully saturated rings. The molecule has 1 aliphatic heterocycles. The minimum atomic E-state index is -4.65. The first-order valence-electron chi connectivity index (χ1n) is 12.8. The van der Waals surface area contributed by atoms with E-state index in [2.05, 4.69) is 15.2 Å². The number of amides is 1. The Labute approximate surface area is 218 Å². The Morgan fingerprint density at radius 3 is 2.53 bits per heavy atom. The zero-order valence-corrected chi connectivity index (χ0v) is 21.6. The number of rotatable bonds is 6. The summed E-state index contributed by atoms with van der Waals surface area (Å²) in [6.07, 6.45) is 0.406. The Bertz CT molecular complexity index is 1320. The van der Waals surface area contributed by atoms with Gasteiger partial charge in [0.15, 0.2) is 0 Å². The van der Waals surface area contributed by atoms with Crippen LogP contribution in [0.15, 0.2) is 36.5 Å². The van der Waals surface area contributed by atoms with Crippen molar-refractivity contribution in [1.82, 2.24) is 19.7 Å². The summed E-state index contributed by atoms with van der Waals surface area (Å²) < 4.78 is 47.6. The Balaban J connectivity index is 1.43. The number of nitrogens with one attached hydrogen (secondary N) is 1. The van der Waals surface area contributed by atoms with Gasteiger partial charge in [-0.15, -0.1) is 0 Å². The number of alkyl halides is 3. The van der Waals surface area contributed by atoms with Gasteiger partial charge in [-0.3, -0.25) is 9.48 Å². The van der Waals surface area contributed by atoms with E-state index in [0.717, 1.165) is 56.3 Å². The zero-order valence-electron chi connectivity index (χ0n) is 21.6. The molecular weight excluding hydrogens is 499 g/mol. The van der Waals surface area contributed by atoms with Crippen molar-refractivity contribution in [2.75, 3.05) is 25.5 Å². The van der Waals surface area contributed by atoms with Crippen molar-refractivity contribution in [2.45, 2.75) is 63.5 Å². The quantitative estimate of drug-likeness (QED) is 0.470. The van der Waals surface area contributed by atoms with Crippen molar-refractivity contribution < 1.29 is 27.8 Å². The highest BCUT2D eigenvalue weighted by atomic mass is 19.4. The summed E-state index contributed by atoms with van der Waals surface area (Å²) in [7, 11) is 2.05. The number of hydrogen-bond acceptors (Lipinski definition) is 6. The van der Waals surface area contributed by atoms with E-state index in [4.69, 9.17) is 9.84 Å². The molecule has 1 aliphatic carbocycles. The molecule has 2 N–H and O–H groups in total. The molecule has 11 heteroatoms. The Kier molecular flexibility index (Phi) is 6.85. The van der Waals surface area contributed by atoms with Gasteiger partial charge < -0.3 is 20.1 Å². The maximum absolute atomic E-state index is 13.1. The van der Waals surface area contributed by atoms with Gasteiger partial charge in [0.05, 0.1) is 22.8 Å². The minimum Gasteiger partial charge on any atom is -0.488 e. The highest BCUT2D eigenvalue weighted by Gasteiger charge is 2.40. The lowest BCUT2D eigenvalue weighted by Gasteiger charge is -2.42. The van der Waals surface area contributed by atoms with Gasteiger partial charge in [0, 0.05) is 30.7 Å². The molecule has 204 valence electrons. The van der Waals surface area contributed by atoms with Gasteiger partial charge in [-0.1, -0.05) is 6.07 Å². The van der Waals surface area contributed by atoms with E-state index in [1.807, 2.05) is 31.8 Å². The summed E-state index contributed by atoms with van der Waals surface area (Å²) in [5.74, 6) is -0.151. The summed E-state index contributed by atoms with van der Waals surface area (Å²) in [5, 5.41) is 18.5. The second-order valence-corrected chi connectivity index (χ2v) is 11.0. The van der Waals surface area contributed by atoms with Gasteiger partial charge in [0.1, 0.15) is 23.2 Å². The summed E-state index contributed by atoms with van der Waals surface area (Å²) in [6.45, 7) is 5.38. The van der Waals surface area contributed by atoms with Gasteiger partial charge in [-0.25, -0.2) is 4.98 Å². The van der Waals surface area contributed by atoms with Crippen LogP contribution in [-0.2, 0) is 6.18 Å². The molecule has 0 unspecified atom stereocenters. The predicted octanol–water partition coefficient (Wildman–Crippen LogP) is 4.90. The number of fused-ring (bicyclic) bond motifs is 1. The van der Waals surface area contributed by atoms with Crippen LogP contribution in [0.3, 0.4) is 0 Å². The van der Waals surface area contributed by atoms with Gasteiger partial charge >= 0.3 is 6.18 Å². The number of pyridine rings is 1. The van der Waals surface area contributed by atoms with Crippen LogP contribution in [0.25, 0.3) is 10.9 Å². The summed E-state index contributed by atoms with van der Waals surface area (Å²) >= 11 is 0. The van der Waals surface area contributed by atoms with Gasteiger partial charge in [-0.05, 0) is 70.7 Å². The summed E-state index contributed by atoms with van der Waals surface area (Å²) in [4.78, 5) is 18.7. The third-order valence-electron chi connectivity index (χ3n) is 7.59. The normalized spacial score (nSPS) is 21.3. The van der Waals surface area contributed by atoms with E-state index in [-0.39, 0.29) is 23.8 Å². The first-order chi connectivity index (χ1) is 17.9. The van der Waals surface area contributed by atoms with E-state index in [9.17, 15) is 23.1 Å². The van der Waals surface area contributed by atoms with Crippen LogP contribution in [0.1, 0.15) is 61.8 Å². The molecule has 3 heterocycles. The largest absolute Gasteiger partial charge is 0.488 e. The standard InChI is InChI=1S/C27H32F3N5O3/c1-26(2,37)17-12-18(13-17)35-15-16-11-22(32-25(36)20-5-4-6-24(31-20)27(28,29)30)23(14-21(16)33-35)38-19-7-9-34(3)10-8-19/h4-6,11,14-15,17-19,37H,7-10,12-13H2,1-3H3,(H,32,36). The second kappa shape index (κ2) is 9.85. The van der Waals surface area contributed by atoms with Crippen molar-refractivity contribution in [3.63, 3.8) is 0 Å². The lowest BCUT2D eigenvalue weighted by molar-refractivity contribution is -0.141. The lowest BCUT2D eigenvalue weighted by atomic mass is 9.71. The van der Waals surface area contributed by atoms with Crippen LogP contribution in [-0.4, -0.2) is 62.5 Å². The van der Waals surface area contributed by atoms with Crippen molar-refractivity contribution in [1.29, 1.82) is 0 Å². The first-order valence-corrected chi connectivity index (χ1v) is 12.8. The maximum atomic E-state index is 13.1. The molecule has 2 aromatic heterocycles. The highest BCUT2D eigenvalue weighted by molar-refractivity contribution is 6.05. The average molecular weight is 532 g/mol. The summed E-state index contributed by atoms with van der Waals surface area (Å²) in [6, 6.07) is 6.90. The zero-order chi connectivity index (χ0) is 27.2. The molecule has 0 atom stereocenters. The van der Waals surface area contributed by atoms with Gasteiger partial charge in [0.2, 0.25) is 0 Å². The minimum absolute atomic E-state index is 0.0627. The van der Waals surface area contributed by atoms with Crippen LogP contribution in [0.5, 0.6) is 5.75 Å². The third kappa shape index (κ3) is 5.63. The number of likely N-dealkylation sites (tertiary alicyclic amines) is 1. The van der Waals surface area contributed by atoms with E-state index < -0.39 is 23.4 Å². The number of ether oxygens (including phenoxy) is 1. The Morgan fingerprint density at radius 1 is 1.16 bits per heavy atom. The average Bonchev–Trinajstić information content (AvgIpc) is 3.20. The molecule has 1 amide bonds. The molecule has 1 aromatic carbocycles. The van der Waals surface area contributed by atoms with Crippen molar-refractivity contribution in [2.24, 2.45) is 5.92 Å². The van der Waals surface area contributed by atoms with Crippen LogP contribution in [0, 0.1) is 5.92 Å². The molecule has 1 saturated heterocycles. The number of aliphatic hydroxyl groups is 1. The fourth-order valence-corrected chi connectivity index (χ4v) is 5.02. The van der Waals surface area contributed by atoms with Gasteiger partial charge in [0.25, 0.3) is 5.91 Å². The monoisotopic (exact) mass is 531 g/mol. The van der Waals surface area contributed by atoms with Gasteiger partial charge in [-0.2, -0.15) is 18.3 Å². The molecule has 0 bridgehead atoms. The maximum Gasteiger partial charge on any atom is 0.433 e. The molecule has 8 nitrogen and oxygen atoms in total. The van der Waals surface area contributed by atoms with E-state index >= 15 is 0 Å². The second-order valence-electron chi connectivity index (χ2n) is 11.0. The Hall–Kier alpha value is -3.18. The fraction of sp³-hybridized carbons (Fsp3) is 0.519. The number of carbonyl (C=O) groups excluding carboxylic acids is 1. The van der Waals surface area contributed by atoms with E-state index in [1.165, 1.54) is 6.07 Å². The Morgan fingerprint density at radius 2 is 1.87 bits per heavy atom. The summed E-state index contributed by atoms with van der Waals surface area (Å²) in [5.41, 5.74) is -1.17. The highest BCUT2D eigenvalue weighted by Crippen LogP contribution is 2.44. The molecular formula is C27H32F3N5O3.